The number of rotatable bonds is 4. The van der Waals surface area contributed by atoms with Crippen molar-refractivity contribution < 1.29 is 19.0 Å². The summed E-state index contributed by atoms with van der Waals surface area (Å²) in [5, 5.41) is 22.7. The van der Waals surface area contributed by atoms with Crippen molar-refractivity contribution >= 4 is 0 Å². The fraction of sp³-hybridized carbons (Fsp3) is 0.571. The molecule has 0 aliphatic heterocycles. The summed E-state index contributed by atoms with van der Waals surface area (Å²) in [5.74, 6) is -1.89. The molecule has 5 heteroatoms. The predicted octanol–water partition coefficient (Wildman–Crippen LogP) is 1.75. The molecule has 1 fully saturated rings. The molecular formula is C14H19F2NO2. The molecule has 1 aromatic rings. The summed E-state index contributed by atoms with van der Waals surface area (Å²) in [7, 11) is 0. The first-order valence-electron chi connectivity index (χ1n) is 6.37. The standard InChI is InChI=1S/C14H19F2NO2/c1-14(2)12(6-13(14)19)17-7-11(18)8-3-4-9(15)10(16)5-8/h3-5,11-13,17-19H,6-7H2,1-2H3. The molecule has 1 aliphatic rings. The van der Waals surface area contributed by atoms with Gasteiger partial charge >= 0.3 is 0 Å². The second-order valence-electron chi connectivity index (χ2n) is 5.72. The SMILES string of the molecule is CC1(C)C(O)CC1NCC(O)c1ccc(F)c(F)c1. The molecule has 106 valence electrons. The molecule has 0 radical (unpaired) electrons. The van der Waals surface area contributed by atoms with Gasteiger partial charge in [-0.3, -0.25) is 0 Å². The normalized spacial score (nSPS) is 26.8. The molecule has 1 saturated carbocycles. The summed E-state index contributed by atoms with van der Waals surface area (Å²) >= 11 is 0. The summed E-state index contributed by atoms with van der Waals surface area (Å²) in [6.07, 6.45) is -0.605. The Morgan fingerprint density at radius 3 is 2.58 bits per heavy atom. The van der Waals surface area contributed by atoms with Gasteiger partial charge in [0.25, 0.3) is 0 Å². The second kappa shape index (κ2) is 5.15. The van der Waals surface area contributed by atoms with Gasteiger partial charge in [0.1, 0.15) is 0 Å². The predicted molar refractivity (Wildman–Crippen MR) is 67.5 cm³/mol. The molecule has 0 aromatic heterocycles. The molecule has 3 N–H and O–H groups in total. The molecule has 19 heavy (non-hydrogen) atoms. The molecule has 3 nitrogen and oxygen atoms in total. The van der Waals surface area contributed by atoms with Crippen LogP contribution in [0.25, 0.3) is 0 Å². The highest BCUT2D eigenvalue weighted by Gasteiger charge is 2.46. The van der Waals surface area contributed by atoms with E-state index in [0.29, 0.717) is 12.0 Å². The molecule has 0 bridgehead atoms. The highest BCUT2D eigenvalue weighted by atomic mass is 19.2. The first-order chi connectivity index (χ1) is 8.82. The van der Waals surface area contributed by atoms with Crippen molar-refractivity contribution in [1.29, 1.82) is 0 Å². The summed E-state index contributed by atoms with van der Waals surface area (Å²) in [5.41, 5.74) is 0.109. The van der Waals surface area contributed by atoms with Gasteiger partial charge in [-0.2, -0.15) is 0 Å². The number of benzene rings is 1. The lowest BCUT2D eigenvalue weighted by Gasteiger charge is -2.50. The molecule has 2 rings (SSSR count). The van der Waals surface area contributed by atoms with Crippen LogP contribution in [-0.4, -0.2) is 28.9 Å². The van der Waals surface area contributed by atoms with Crippen LogP contribution in [-0.2, 0) is 0 Å². The largest absolute Gasteiger partial charge is 0.392 e. The highest BCUT2D eigenvalue weighted by molar-refractivity contribution is 5.20. The van der Waals surface area contributed by atoms with E-state index in [1.165, 1.54) is 6.07 Å². The van der Waals surface area contributed by atoms with Crippen molar-refractivity contribution in [2.24, 2.45) is 5.41 Å². The minimum Gasteiger partial charge on any atom is -0.392 e. The lowest BCUT2D eigenvalue weighted by molar-refractivity contribution is -0.0749. The summed E-state index contributed by atoms with van der Waals surface area (Å²) in [4.78, 5) is 0. The van der Waals surface area contributed by atoms with Crippen LogP contribution in [0.2, 0.25) is 0 Å². The van der Waals surface area contributed by atoms with E-state index in [0.717, 1.165) is 12.1 Å². The van der Waals surface area contributed by atoms with Crippen molar-refractivity contribution in [2.45, 2.75) is 38.5 Å². The van der Waals surface area contributed by atoms with Gasteiger partial charge in [0.2, 0.25) is 0 Å². The monoisotopic (exact) mass is 271 g/mol. The molecule has 0 saturated heterocycles. The zero-order valence-electron chi connectivity index (χ0n) is 11.0. The molecule has 1 aromatic carbocycles. The molecule has 0 heterocycles. The smallest absolute Gasteiger partial charge is 0.159 e. The van der Waals surface area contributed by atoms with Gasteiger partial charge in [0, 0.05) is 18.0 Å². The van der Waals surface area contributed by atoms with E-state index in [9.17, 15) is 19.0 Å². The van der Waals surface area contributed by atoms with E-state index in [1.54, 1.807) is 0 Å². The second-order valence-corrected chi connectivity index (χ2v) is 5.72. The zero-order valence-corrected chi connectivity index (χ0v) is 11.0. The Morgan fingerprint density at radius 2 is 2.05 bits per heavy atom. The Hall–Kier alpha value is -1.04. The van der Waals surface area contributed by atoms with Crippen LogP contribution < -0.4 is 5.32 Å². The minimum absolute atomic E-state index is 0.113. The van der Waals surface area contributed by atoms with Crippen molar-refractivity contribution in [3.05, 3.63) is 35.4 Å². The summed E-state index contributed by atoms with van der Waals surface area (Å²) in [6, 6.07) is 3.49. The maximum Gasteiger partial charge on any atom is 0.159 e. The number of aliphatic hydroxyl groups is 2. The van der Waals surface area contributed by atoms with Crippen molar-refractivity contribution in [3.63, 3.8) is 0 Å². The summed E-state index contributed by atoms with van der Waals surface area (Å²) < 4.78 is 25.8. The Morgan fingerprint density at radius 1 is 1.37 bits per heavy atom. The summed E-state index contributed by atoms with van der Waals surface area (Å²) in [6.45, 7) is 4.14. The number of hydrogen-bond acceptors (Lipinski definition) is 3. The van der Waals surface area contributed by atoms with E-state index >= 15 is 0 Å². The van der Waals surface area contributed by atoms with Gasteiger partial charge in [-0.05, 0) is 24.1 Å². The lowest BCUT2D eigenvalue weighted by atomic mass is 9.64. The molecule has 0 spiro atoms. The van der Waals surface area contributed by atoms with Crippen LogP contribution in [0, 0.1) is 17.0 Å². The van der Waals surface area contributed by atoms with E-state index in [4.69, 9.17) is 0 Å². The first kappa shape index (κ1) is 14.4. The van der Waals surface area contributed by atoms with Gasteiger partial charge in [0.05, 0.1) is 12.2 Å². The third kappa shape index (κ3) is 2.78. The average Bonchev–Trinajstić information content (AvgIpc) is 2.37. The third-order valence-electron chi connectivity index (χ3n) is 4.10. The van der Waals surface area contributed by atoms with Crippen LogP contribution >= 0.6 is 0 Å². The Balaban J connectivity index is 1.91. The number of halogens is 2. The maximum atomic E-state index is 13.1. The van der Waals surface area contributed by atoms with Crippen molar-refractivity contribution in [1.82, 2.24) is 5.32 Å². The minimum atomic E-state index is -0.962. The third-order valence-corrected chi connectivity index (χ3v) is 4.10. The van der Waals surface area contributed by atoms with E-state index in [2.05, 4.69) is 5.32 Å². The van der Waals surface area contributed by atoms with Crippen molar-refractivity contribution in [3.8, 4) is 0 Å². The molecule has 1 aliphatic carbocycles. The Bertz CT molecular complexity index is 465. The number of aliphatic hydroxyl groups excluding tert-OH is 2. The fourth-order valence-electron chi connectivity index (χ4n) is 2.34. The quantitative estimate of drug-likeness (QED) is 0.782. The van der Waals surface area contributed by atoms with E-state index in [1.807, 2.05) is 13.8 Å². The highest BCUT2D eigenvalue weighted by Crippen LogP contribution is 2.40. The first-order valence-corrected chi connectivity index (χ1v) is 6.37. The Kier molecular flexibility index (Phi) is 3.90. The zero-order chi connectivity index (χ0) is 14.2. The topological polar surface area (TPSA) is 52.5 Å². The van der Waals surface area contributed by atoms with Crippen molar-refractivity contribution in [2.75, 3.05) is 6.54 Å². The lowest BCUT2D eigenvalue weighted by Crippen LogP contribution is -2.60. The Labute approximate surface area is 111 Å². The van der Waals surface area contributed by atoms with Gasteiger partial charge in [-0.25, -0.2) is 8.78 Å². The number of hydrogen-bond donors (Lipinski definition) is 3. The van der Waals surface area contributed by atoms with Gasteiger partial charge in [-0.1, -0.05) is 19.9 Å². The molecule has 3 unspecified atom stereocenters. The van der Waals surface area contributed by atoms with Gasteiger partial charge < -0.3 is 15.5 Å². The van der Waals surface area contributed by atoms with Crippen LogP contribution in [0.3, 0.4) is 0 Å². The van der Waals surface area contributed by atoms with E-state index in [-0.39, 0.29) is 24.1 Å². The number of nitrogens with one attached hydrogen (secondary N) is 1. The van der Waals surface area contributed by atoms with Crippen LogP contribution in [0.15, 0.2) is 18.2 Å². The van der Waals surface area contributed by atoms with Crippen LogP contribution in [0.4, 0.5) is 8.78 Å². The molecule has 0 amide bonds. The average molecular weight is 271 g/mol. The molecule has 3 atom stereocenters. The fourth-order valence-corrected chi connectivity index (χ4v) is 2.34. The van der Waals surface area contributed by atoms with Crippen LogP contribution in [0.5, 0.6) is 0 Å². The van der Waals surface area contributed by atoms with Gasteiger partial charge in [0.15, 0.2) is 11.6 Å². The molecular weight excluding hydrogens is 252 g/mol. The maximum absolute atomic E-state index is 13.1. The van der Waals surface area contributed by atoms with Gasteiger partial charge in [-0.15, -0.1) is 0 Å². The van der Waals surface area contributed by atoms with Crippen LogP contribution in [0.1, 0.15) is 31.9 Å². The van der Waals surface area contributed by atoms with E-state index < -0.39 is 17.7 Å².